The Labute approximate surface area is 79.6 Å². The van der Waals surface area contributed by atoms with E-state index in [0.29, 0.717) is 5.52 Å². The number of nitrogens with zero attached hydrogens (tertiary/aromatic N) is 1. The van der Waals surface area contributed by atoms with Gasteiger partial charge in [0.15, 0.2) is 0 Å². The van der Waals surface area contributed by atoms with E-state index >= 15 is 0 Å². The van der Waals surface area contributed by atoms with Gasteiger partial charge in [-0.2, -0.15) is 4.39 Å². The van der Waals surface area contributed by atoms with Crippen molar-refractivity contribution in [1.82, 2.24) is 4.40 Å². The molecule has 0 bridgehead atoms. The molecule has 0 aliphatic heterocycles. The normalized spacial score (nSPS) is 10.7. The average Bonchev–Trinajstić information content (AvgIpc) is 2.18. The zero-order valence-electron chi connectivity index (χ0n) is 7.40. The highest BCUT2D eigenvalue weighted by atomic mass is 19.1. The van der Waals surface area contributed by atoms with Gasteiger partial charge < -0.3 is 5.73 Å². The maximum Gasteiger partial charge on any atom is 0.257 e. The summed E-state index contributed by atoms with van der Waals surface area (Å²) in [6.45, 7) is 0.285. The van der Waals surface area contributed by atoms with Gasteiger partial charge in [-0.1, -0.05) is 12.1 Å². The van der Waals surface area contributed by atoms with Crippen molar-refractivity contribution in [3.05, 3.63) is 52.2 Å². The molecule has 0 atom stereocenters. The van der Waals surface area contributed by atoms with E-state index in [2.05, 4.69) is 0 Å². The number of aromatic nitrogens is 1. The molecule has 0 saturated carbocycles. The summed E-state index contributed by atoms with van der Waals surface area (Å²) in [5.74, 6) is -0.567. The Balaban J connectivity index is 2.99. The van der Waals surface area contributed by atoms with Crippen LogP contribution in [0.25, 0.3) is 5.52 Å². The predicted octanol–water partition coefficient (Wildman–Crippen LogP) is 0.897. The Morgan fingerprint density at radius 2 is 2.07 bits per heavy atom. The van der Waals surface area contributed by atoms with E-state index in [0.717, 1.165) is 9.96 Å². The zero-order valence-corrected chi connectivity index (χ0v) is 7.40. The molecule has 0 aliphatic carbocycles. The highest BCUT2D eigenvalue weighted by Gasteiger charge is 2.04. The van der Waals surface area contributed by atoms with Gasteiger partial charge in [-0.05, 0) is 17.7 Å². The quantitative estimate of drug-likeness (QED) is 0.682. The van der Waals surface area contributed by atoms with E-state index in [1.165, 1.54) is 12.1 Å². The number of rotatable bonds is 1. The van der Waals surface area contributed by atoms with Crippen molar-refractivity contribution in [2.24, 2.45) is 5.73 Å². The smallest absolute Gasteiger partial charge is 0.257 e. The molecule has 0 spiro atoms. The van der Waals surface area contributed by atoms with Gasteiger partial charge in [-0.15, -0.1) is 0 Å². The topological polar surface area (TPSA) is 47.5 Å². The van der Waals surface area contributed by atoms with E-state index in [4.69, 9.17) is 5.73 Å². The maximum absolute atomic E-state index is 13.3. The van der Waals surface area contributed by atoms with Crippen molar-refractivity contribution < 1.29 is 4.39 Å². The van der Waals surface area contributed by atoms with Crippen LogP contribution >= 0.6 is 0 Å². The first-order valence-corrected chi connectivity index (χ1v) is 4.23. The molecule has 2 heterocycles. The lowest BCUT2D eigenvalue weighted by atomic mass is 10.2. The average molecular weight is 192 g/mol. The molecule has 14 heavy (non-hydrogen) atoms. The van der Waals surface area contributed by atoms with Crippen LogP contribution in [-0.4, -0.2) is 4.40 Å². The number of pyridine rings is 2. The third-order valence-corrected chi connectivity index (χ3v) is 2.14. The third kappa shape index (κ3) is 1.20. The number of hydrogen-bond acceptors (Lipinski definition) is 2. The van der Waals surface area contributed by atoms with Crippen LogP contribution in [-0.2, 0) is 6.54 Å². The van der Waals surface area contributed by atoms with Gasteiger partial charge in [0, 0.05) is 12.6 Å². The SMILES string of the molecule is NCc1ccc(=O)n2c(F)cccc12. The van der Waals surface area contributed by atoms with Gasteiger partial charge in [-0.25, -0.2) is 0 Å². The van der Waals surface area contributed by atoms with Crippen molar-refractivity contribution in [2.75, 3.05) is 0 Å². The Hall–Kier alpha value is -1.68. The van der Waals surface area contributed by atoms with Crippen molar-refractivity contribution >= 4 is 5.52 Å². The first kappa shape index (κ1) is 8.90. The number of fused-ring (bicyclic) bond motifs is 1. The molecule has 2 aromatic heterocycles. The first-order chi connectivity index (χ1) is 6.74. The summed E-state index contributed by atoms with van der Waals surface area (Å²) in [7, 11) is 0. The first-order valence-electron chi connectivity index (χ1n) is 4.23. The molecule has 3 nitrogen and oxygen atoms in total. The van der Waals surface area contributed by atoms with E-state index in [9.17, 15) is 9.18 Å². The van der Waals surface area contributed by atoms with Crippen LogP contribution in [0.1, 0.15) is 5.56 Å². The summed E-state index contributed by atoms with van der Waals surface area (Å²) < 4.78 is 14.3. The van der Waals surface area contributed by atoms with Crippen LogP contribution in [0.15, 0.2) is 35.1 Å². The molecule has 0 radical (unpaired) electrons. The van der Waals surface area contributed by atoms with E-state index in [-0.39, 0.29) is 12.1 Å². The fraction of sp³-hybridized carbons (Fsp3) is 0.100. The summed E-state index contributed by atoms with van der Waals surface area (Å²) in [6.07, 6.45) is 0. The van der Waals surface area contributed by atoms with Crippen LogP contribution < -0.4 is 11.3 Å². The molecule has 4 heteroatoms. The fourth-order valence-electron chi connectivity index (χ4n) is 1.46. The second-order valence-corrected chi connectivity index (χ2v) is 2.97. The Bertz CT molecular complexity index is 533. The molecule has 0 amide bonds. The molecule has 0 aliphatic rings. The van der Waals surface area contributed by atoms with Crippen LogP contribution in [0.3, 0.4) is 0 Å². The Kier molecular flexibility index (Phi) is 2.05. The van der Waals surface area contributed by atoms with Crippen molar-refractivity contribution in [3.63, 3.8) is 0 Å². The molecule has 0 fully saturated rings. The summed E-state index contributed by atoms with van der Waals surface area (Å²) in [5, 5.41) is 0. The summed E-state index contributed by atoms with van der Waals surface area (Å²) >= 11 is 0. The van der Waals surface area contributed by atoms with Gasteiger partial charge in [0.25, 0.3) is 5.56 Å². The number of nitrogens with two attached hydrogens (primary N) is 1. The Morgan fingerprint density at radius 1 is 1.29 bits per heavy atom. The van der Waals surface area contributed by atoms with Crippen LogP contribution in [0.5, 0.6) is 0 Å². The minimum Gasteiger partial charge on any atom is -0.326 e. The lowest BCUT2D eigenvalue weighted by Gasteiger charge is -2.05. The number of hydrogen-bond donors (Lipinski definition) is 1. The van der Waals surface area contributed by atoms with Gasteiger partial charge in [-0.3, -0.25) is 9.20 Å². The Morgan fingerprint density at radius 3 is 2.79 bits per heavy atom. The second kappa shape index (κ2) is 3.23. The van der Waals surface area contributed by atoms with Crippen LogP contribution in [0.2, 0.25) is 0 Å². The van der Waals surface area contributed by atoms with E-state index < -0.39 is 5.95 Å². The maximum atomic E-state index is 13.3. The summed E-state index contributed by atoms with van der Waals surface area (Å²) in [4.78, 5) is 11.3. The highest BCUT2D eigenvalue weighted by molar-refractivity contribution is 5.54. The highest BCUT2D eigenvalue weighted by Crippen LogP contribution is 2.09. The molecule has 2 N–H and O–H groups in total. The zero-order chi connectivity index (χ0) is 10.1. The van der Waals surface area contributed by atoms with Gasteiger partial charge in [0.2, 0.25) is 5.95 Å². The van der Waals surface area contributed by atoms with Crippen LogP contribution in [0, 0.1) is 5.95 Å². The monoisotopic (exact) mass is 192 g/mol. The van der Waals surface area contributed by atoms with Crippen molar-refractivity contribution in [2.45, 2.75) is 6.54 Å². The van der Waals surface area contributed by atoms with Crippen molar-refractivity contribution in [1.29, 1.82) is 0 Å². The van der Waals surface area contributed by atoms with Crippen molar-refractivity contribution in [3.8, 4) is 0 Å². The minimum atomic E-state index is -0.567. The summed E-state index contributed by atoms with van der Waals surface area (Å²) in [5.41, 5.74) is 6.38. The molecule has 0 aromatic carbocycles. The molecule has 0 unspecified atom stereocenters. The van der Waals surface area contributed by atoms with E-state index in [1.807, 2.05) is 0 Å². The molecule has 2 rings (SSSR count). The molecular weight excluding hydrogens is 183 g/mol. The molecule has 72 valence electrons. The third-order valence-electron chi connectivity index (χ3n) is 2.14. The van der Waals surface area contributed by atoms with Crippen LogP contribution in [0.4, 0.5) is 4.39 Å². The van der Waals surface area contributed by atoms with E-state index in [1.54, 1.807) is 18.2 Å². The minimum absolute atomic E-state index is 0.285. The van der Waals surface area contributed by atoms with Gasteiger partial charge >= 0.3 is 0 Å². The predicted molar refractivity (Wildman–Crippen MR) is 51.5 cm³/mol. The lowest BCUT2D eigenvalue weighted by Crippen LogP contribution is -2.17. The summed E-state index contributed by atoms with van der Waals surface area (Å²) in [6, 6.07) is 7.42. The largest absolute Gasteiger partial charge is 0.326 e. The standard InChI is InChI=1S/C10H9FN2O/c11-9-3-1-2-8-7(6-12)4-5-10(14)13(8)9/h1-5H,6,12H2. The second-order valence-electron chi connectivity index (χ2n) is 2.97. The fourth-order valence-corrected chi connectivity index (χ4v) is 1.46. The molecule has 2 aromatic rings. The number of halogens is 1. The molecule has 0 saturated heterocycles. The lowest BCUT2D eigenvalue weighted by molar-refractivity contribution is 0.561. The van der Waals surface area contributed by atoms with Gasteiger partial charge in [0.1, 0.15) is 0 Å². The molecular formula is C10H9FN2O. The van der Waals surface area contributed by atoms with Gasteiger partial charge in [0.05, 0.1) is 5.52 Å².